The summed E-state index contributed by atoms with van der Waals surface area (Å²) in [6.45, 7) is 7.21. The minimum atomic E-state index is -4.55. The van der Waals surface area contributed by atoms with Crippen molar-refractivity contribution >= 4 is 11.9 Å². The lowest BCUT2D eigenvalue weighted by molar-refractivity contribution is -0.155. The fourth-order valence-electron chi connectivity index (χ4n) is 6.01. The van der Waals surface area contributed by atoms with Gasteiger partial charge in [0.2, 0.25) is 0 Å². The van der Waals surface area contributed by atoms with Crippen molar-refractivity contribution < 1.29 is 37.3 Å². The van der Waals surface area contributed by atoms with Crippen LogP contribution in [0.25, 0.3) is 0 Å². The first-order chi connectivity index (χ1) is 20.2. The number of halogens is 3. The predicted molar refractivity (Wildman–Crippen MR) is 156 cm³/mol. The number of alkyl halides is 3. The number of carboxylic acids is 1. The molecule has 1 heterocycles. The first-order valence-corrected chi connectivity index (χ1v) is 14.0. The molecule has 1 aliphatic rings. The molecule has 0 saturated carbocycles. The summed E-state index contributed by atoms with van der Waals surface area (Å²) in [4.78, 5) is 28.5. The van der Waals surface area contributed by atoms with E-state index in [1.165, 1.54) is 18.1 Å². The highest BCUT2D eigenvalue weighted by Crippen LogP contribution is 2.48. The largest absolute Gasteiger partial charge is 0.496 e. The summed E-state index contributed by atoms with van der Waals surface area (Å²) < 4.78 is 52.0. The highest BCUT2D eigenvalue weighted by atomic mass is 19.4. The van der Waals surface area contributed by atoms with Crippen LogP contribution in [0.1, 0.15) is 50.4 Å². The average Bonchev–Trinajstić information content (AvgIpc) is 3.32. The molecule has 0 bridgehead atoms. The van der Waals surface area contributed by atoms with Crippen LogP contribution in [0.2, 0.25) is 0 Å². The maximum absolute atomic E-state index is 14.2. The van der Waals surface area contributed by atoms with E-state index in [9.17, 15) is 27.9 Å². The molecule has 4 rings (SSSR count). The van der Waals surface area contributed by atoms with Gasteiger partial charge in [-0.25, -0.2) is 4.79 Å². The van der Waals surface area contributed by atoms with Gasteiger partial charge in [0.15, 0.2) is 6.10 Å². The lowest BCUT2D eigenvalue weighted by atomic mass is 9.72. The summed E-state index contributed by atoms with van der Waals surface area (Å²) in [5, 5.41) is 14.0. The van der Waals surface area contributed by atoms with Gasteiger partial charge in [0, 0.05) is 24.1 Å². The summed E-state index contributed by atoms with van der Waals surface area (Å²) in [5.41, 5.74) is -0.511. The van der Waals surface area contributed by atoms with Crippen LogP contribution in [0.3, 0.4) is 0 Å². The van der Waals surface area contributed by atoms with Crippen LogP contribution in [-0.4, -0.2) is 47.2 Å². The normalized spacial score (nSPS) is 21.3. The molecule has 0 radical (unpaired) electrons. The molecule has 7 nitrogen and oxygen atoms in total. The first-order valence-electron chi connectivity index (χ1n) is 14.0. The highest BCUT2D eigenvalue weighted by Gasteiger charge is 2.58. The fraction of sp³-hybridized carbons (Fsp3) is 0.394. The molecule has 43 heavy (non-hydrogen) atoms. The lowest BCUT2D eigenvalue weighted by Gasteiger charge is -2.35. The Balaban J connectivity index is 1.80. The Morgan fingerprint density at radius 1 is 0.977 bits per heavy atom. The van der Waals surface area contributed by atoms with E-state index in [4.69, 9.17) is 9.47 Å². The van der Waals surface area contributed by atoms with Crippen molar-refractivity contribution in [2.75, 3.05) is 7.11 Å². The number of likely N-dealkylation sites (tertiary alicyclic amines) is 1. The minimum absolute atomic E-state index is 0.0574. The number of methoxy groups -OCH3 is 1. The summed E-state index contributed by atoms with van der Waals surface area (Å²) in [7, 11) is 1.38. The van der Waals surface area contributed by atoms with E-state index in [0.29, 0.717) is 11.3 Å². The van der Waals surface area contributed by atoms with Crippen LogP contribution in [0.4, 0.5) is 13.2 Å². The number of ether oxygens (including phenoxy) is 2. The number of rotatable bonds is 9. The average molecular weight is 599 g/mol. The number of hydrogen-bond acceptors (Lipinski definition) is 5. The smallest absolute Gasteiger partial charge is 0.416 e. The Bertz CT molecular complexity index is 1410. The molecule has 3 aromatic rings. The SMILES string of the molecule is COc1ccc(C(F)(F)F)cc1CNC1C(c2ccccc2)N(C(=O)[C@@H](C)Oc2ccccc2)C(C(=O)O)C1C(C)(C)C. The number of benzene rings is 3. The van der Waals surface area contributed by atoms with Crippen LogP contribution in [0, 0.1) is 11.3 Å². The van der Waals surface area contributed by atoms with Crippen molar-refractivity contribution in [1.29, 1.82) is 0 Å². The van der Waals surface area contributed by atoms with Crippen molar-refractivity contribution in [1.82, 2.24) is 10.2 Å². The number of nitrogens with one attached hydrogen (secondary N) is 1. The van der Waals surface area contributed by atoms with Crippen LogP contribution in [-0.2, 0) is 22.3 Å². The highest BCUT2D eigenvalue weighted by molar-refractivity contribution is 5.88. The quantitative estimate of drug-likeness (QED) is 0.299. The number of carboxylic acid groups (broad SMARTS) is 1. The van der Waals surface area contributed by atoms with Crippen LogP contribution < -0.4 is 14.8 Å². The van der Waals surface area contributed by atoms with Crippen molar-refractivity contribution in [2.45, 2.75) is 64.6 Å². The maximum Gasteiger partial charge on any atom is 0.416 e. The predicted octanol–water partition coefficient (Wildman–Crippen LogP) is 6.34. The second-order valence-corrected chi connectivity index (χ2v) is 11.8. The fourth-order valence-corrected chi connectivity index (χ4v) is 6.01. The topological polar surface area (TPSA) is 88.1 Å². The standard InChI is InChI=1S/C33H37F3N2O5/c1-20(43-24-14-10-7-11-15-24)30(39)38-28(21-12-8-6-9-13-21)27(26(32(2,3)4)29(38)31(40)41)37-19-22-18-23(33(34,35)36)16-17-25(22)42-5/h6-18,20,26-29,37H,19H2,1-5H3,(H,40,41)/t20-,26?,27?,28?,29?/m1/s1. The van der Waals surface area contributed by atoms with Gasteiger partial charge < -0.3 is 24.8 Å². The number of nitrogens with zero attached hydrogens (tertiary/aromatic N) is 1. The van der Waals surface area contributed by atoms with Gasteiger partial charge in [0.25, 0.3) is 5.91 Å². The number of carbonyl (C=O) groups is 2. The molecule has 1 amide bonds. The van der Waals surface area contributed by atoms with Gasteiger partial charge in [-0.05, 0) is 48.2 Å². The third-order valence-corrected chi connectivity index (χ3v) is 7.85. The van der Waals surface area contributed by atoms with E-state index < -0.39 is 59.2 Å². The monoisotopic (exact) mass is 598 g/mol. The molecule has 0 spiro atoms. The molecule has 10 heteroatoms. The molecular weight excluding hydrogens is 561 g/mol. The van der Waals surface area contributed by atoms with Crippen molar-refractivity contribution in [3.63, 3.8) is 0 Å². The lowest BCUT2D eigenvalue weighted by Crippen LogP contribution is -2.50. The molecule has 5 atom stereocenters. The Labute approximate surface area is 249 Å². The van der Waals surface area contributed by atoms with E-state index in [1.807, 2.05) is 45.0 Å². The van der Waals surface area contributed by atoms with E-state index in [0.717, 1.165) is 12.1 Å². The Morgan fingerprint density at radius 2 is 1.58 bits per heavy atom. The zero-order chi connectivity index (χ0) is 31.5. The van der Waals surface area contributed by atoms with E-state index in [-0.39, 0.29) is 17.9 Å². The molecule has 3 aromatic carbocycles. The molecule has 1 aliphatic heterocycles. The third-order valence-electron chi connectivity index (χ3n) is 7.85. The van der Waals surface area contributed by atoms with Gasteiger partial charge in [0.1, 0.15) is 17.5 Å². The second kappa shape index (κ2) is 12.7. The van der Waals surface area contributed by atoms with E-state index in [1.54, 1.807) is 43.3 Å². The van der Waals surface area contributed by atoms with Gasteiger partial charge in [0.05, 0.1) is 18.7 Å². The van der Waals surface area contributed by atoms with Crippen molar-refractivity contribution in [3.8, 4) is 11.5 Å². The van der Waals surface area contributed by atoms with Gasteiger partial charge in [-0.1, -0.05) is 69.3 Å². The summed E-state index contributed by atoms with van der Waals surface area (Å²) in [6.07, 6.45) is -5.57. The Hall–Kier alpha value is -4.05. The molecule has 0 aromatic heterocycles. The summed E-state index contributed by atoms with van der Waals surface area (Å²) >= 11 is 0. The first kappa shape index (κ1) is 31.9. The van der Waals surface area contributed by atoms with Gasteiger partial charge >= 0.3 is 12.1 Å². The molecule has 1 saturated heterocycles. The van der Waals surface area contributed by atoms with Crippen molar-refractivity contribution in [3.05, 3.63) is 95.6 Å². The number of hydrogen-bond donors (Lipinski definition) is 2. The van der Waals surface area contributed by atoms with Crippen LogP contribution >= 0.6 is 0 Å². The van der Waals surface area contributed by atoms with Gasteiger partial charge in [-0.2, -0.15) is 13.2 Å². The zero-order valence-corrected chi connectivity index (χ0v) is 24.8. The molecule has 0 aliphatic carbocycles. The van der Waals surface area contributed by atoms with E-state index >= 15 is 0 Å². The Kier molecular flexibility index (Phi) is 9.39. The molecule has 2 N–H and O–H groups in total. The molecule has 4 unspecified atom stereocenters. The second-order valence-electron chi connectivity index (χ2n) is 11.8. The van der Waals surface area contributed by atoms with Gasteiger partial charge in [-0.3, -0.25) is 4.79 Å². The molecule has 1 fully saturated rings. The van der Waals surface area contributed by atoms with Crippen LogP contribution in [0.15, 0.2) is 78.9 Å². The van der Waals surface area contributed by atoms with Gasteiger partial charge in [-0.15, -0.1) is 0 Å². The maximum atomic E-state index is 14.2. The number of para-hydroxylation sites is 1. The summed E-state index contributed by atoms with van der Waals surface area (Å²) in [6, 6.07) is 18.4. The van der Waals surface area contributed by atoms with Crippen LogP contribution in [0.5, 0.6) is 11.5 Å². The minimum Gasteiger partial charge on any atom is -0.496 e. The number of carbonyl (C=O) groups excluding carboxylic acids is 1. The molecule has 230 valence electrons. The van der Waals surface area contributed by atoms with Crippen molar-refractivity contribution in [2.24, 2.45) is 11.3 Å². The third kappa shape index (κ3) is 6.96. The summed E-state index contributed by atoms with van der Waals surface area (Å²) in [5.74, 6) is -1.61. The number of aliphatic carboxylic acids is 1. The van der Waals surface area contributed by atoms with E-state index in [2.05, 4.69) is 5.32 Å². The molecular formula is C33H37F3N2O5. The Morgan fingerprint density at radius 3 is 2.12 bits per heavy atom. The number of amides is 1. The zero-order valence-electron chi connectivity index (χ0n) is 24.8.